The first-order valence-corrected chi connectivity index (χ1v) is 4.91. The Bertz CT molecular complexity index is 560. The Morgan fingerprint density at radius 1 is 1.50 bits per heavy atom. The number of carboxylic acids is 1. The Morgan fingerprint density at radius 3 is 2.75 bits per heavy atom. The molecule has 0 aliphatic rings. The molecule has 1 N–H and O–H groups in total. The molecule has 0 aliphatic carbocycles. The zero-order valence-corrected chi connectivity index (χ0v) is 8.94. The molecule has 2 aromatic rings. The fourth-order valence-electron chi connectivity index (χ4n) is 1.65. The molecule has 0 amide bonds. The number of imidazole rings is 1. The van der Waals surface area contributed by atoms with Crippen LogP contribution in [0.15, 0.2) is 18.3 Å². The molecule has 0 atom stereocenters. The van der Waals surface area contributed by atoms with Gasteiger partial charge in [-0.3, -0.25) is 4.40 Å². The highest BCUT2D eigenvalue weighted by molar-refractivity contribution is 5.88. The summed E-state index contributed by atoms with van der Waals surface area (Å²) in [5.41, 5.74) is 0.949. The number of carbonyl (C=O) groups is 1. The molecule has 2 aromatic heterocycles. The summed E-state index contributed by atoms with van der Waals surface area (Å²) < 4.78 is 14.3. The van der Waals surface area contributed by atoms with E-state index in [2.05, 4.69) is 4.98 Å². The van der Waals surface area contributed by atoms with Crippen LogP contribution in [0.5, 0.6) is 0 Å². The molecule has 0 fully saturated rings. The maximum absolute atomic E-state index is 13.0. The second-order valence-corrected chi connectivity index (χ2v) is 3.88. The van der Waals surface area contributed by atoms with Crippen LogP contribution in [-0.2, 0) is 0 Å². The SMILES string of the molecule is CC(C)c1nc2ccc(F)cn2c1C(=O)O. The first kappa shape index (κ1) is 10.6. The first-order valence-electron chi connectivity index (χ1n) is 4.91. The highest BCUT2D eigenvalue weighted by Gasteiger charge is 2.20. The molecule has 0 saturated heterocycles. The van der Waals surface area contributed by atoms with Gasteiger partial charge in [0.15, 0.2) is 5.69 Å². The van der Waals surface area contributed by atoms with Crippen molar-refractivity contribution in [2.45, 2.75) is 19.8 Å². The molecule has 0 aromatic carbocycles. The quantitative estimate of drug-likeness (QED) is 0.848. The molecule has 0 spiro atoms. The zero-order valence-electron chi connectivity index (χ0n) is 8.94. The van der Waals surface area contributed by atoms with Crippen molar-refractivity contribution in [1.82, 2.24) is 9.38 Å². The van der Waals surface area contributed by atoms with Gasteiger partial charge in [0.25, 0.3) is 0 Å². The largest absolute Gasteiger partial charge is 0.477 e. The van der Waals surface area contributed by atoms with Crippen molar-refractivity contribution in [3.8, 4) is 0 Å². The number of nitrogens with zero attached hydrogens (tertiary/aromatic N) is 2. The van der Waals surface area contributed by atoms with Gasteiger partial charge >= 0.3 is 5.97 Å². The van der Waals surface area contributed by atoms with E-state index >= 15 is 0 Å². The van der Waals surface area contributed by atoms with E-state index in [9.17, 15) is 9.18 Å². The highest BCUT2D eigenvalue weighted by atomic mass is 19.1. The second kappa shape index (κ2) is 3.59. The van der Waals surface area contributed by atoms with Crippen molar-refractivity contribution < 1.29 is 14.3 Å². The number of rotatable bonds is 2. The number of aromatic nitrogens is 2. The van der Waals surface area contributed by atoms with E-state index in [1.807, 2.05) is 13.8 Å². The van der Waals surface area contributed by atoms with E-state index in [1.165, 1.54) is 16.5 Å². The Labute approximate surface area is 91.4 Å². The number of aromatic carboxylic acids is 1. The second-order valence-electron chi connectivity index (χ2n) is 3.88. The number of carboxylic acid groups (broad SMARTS) is 1. The van der Waals surface area contributed by atoms with Crippen LogP contribution in [0, 0.1) is 5.82 Å². The minimum absolute atomic E-state index is 0.0194. The van der Waals surface area contributed by atoms with Crippen molar-refractivity contribution in [1.29, 1.82) is 0 Å². The maximum Gasteiger partial charge on any atom is 0.354 e. The van der Waals surface area contributed by atoms with Crippen LogP contribution in [0.3, 0.4) is 0 Å². The Kier molecular flexibility index (Phi) is 2.38. The summed E-state index contributed by atoms with van der Waals surface area (Å²) in [7, 11) is 0. The Hall–Kier alpha value is -1.91. The molecule has 0 saturated carbocycles. The minimum atomic E-state index is -1.10. The lowest BCUT2D eigenvalue weighted by atomic mass is 10.1. The smallest absolute Gasteiger partial charge is 0.354 e. The van der Waals surface area contributed by atoms with Crippen molar-refractivity contribution >= 4 is 11.6 Å². The standard InChI is InChI=1S/C11H11FN2O2/c1-6(2)9-10(11(15)16)14-5-7(12)3-4-8(14)13-9/h3-6H,1-2H3,(H,15,16). The van der Waals surface area contributed by atoms with Gasteiger partial charge in [0.1, 0.15) is 11.5 Å². The van der Waals surface area contributed by atoms with Gasteiger partial charge in [-0.25, -0.2) is 14.2 Å². The van der Waals surface area contributed by atoms with Gasteiger partial charge in [-0.2, -0.15) is 0 Å². The van der Waals surface area contributed by atoms with Crippen LogP contribution in [0.2, 0.25) is 0 Å². The third-order valence-corrected chi connectivity index (χ3v) is 2.36. The molecule has 16 heavy (non-hydrogen) atoms. The zero-order chi connectivity index (χ0) is 11.9. The van der Waals surface area contributed by atoms with E-state index < -0.39 is 11.8 Å². The van der Waals surface area contributed by atoms with Gasteiger partial charge in [0.2, 0.25) is 0 Å². The fraction of sp³-hybridized carbons (Fsp3) is 0.273. The average Bonchev–Trinajstić information content (AvgIpc) is 2.55. The normalized spacial score (nSPS) is 11.2. The van der Waals surface area contributed by atoms with E-state index in [0.29, 0.717) is 11.3 Å². The average molecular weight is 222 g/mol. The molecule has 4 nitrogen and oxygen atoms in total. The maximum atomic E-state index is 13.0. The van der Waals surface area contributed by atoms with E-state index in [1.54, 1.807) is 0 Å². The van der Waals surface area contributed by atoms with Gasteiger partial charge in [0.05, 0.1) is 5.69 Å². The summed E-state index contributed by atoms with van der Waals surface area (Å²) in [5.74, 6) is -1.60. The van der Waals surface area contributed by atoms with Gasteiger partial charge in [-0.1, -0.05) is 13.8 Å². The van der Waals surface area contributed by atoms with Crippen molar-refractivity contribution in [2.24, 2.45) is 0 Å². The van der Waals surface area contributed by atoms with Gasteiger partial charge in [-0.15, -0.1) is 0 Å². The number of fused-ring (bicyclic) bond motifs is 1. The molecular formula is C11H11FN2O2. The van der Waals surface area contributed by atoms with Gasteiger partial charge in [0, 0.05) is 6.20 Å². The number of hydrogen-bond acceptors (Lipinski definition) is 2. The van der Waals surface area contributed by atoms with Crippen LogP contribution >= 0.6 is 0 Å². The lowest BCUT2D eigenvalue weighted by Crippen LogP contribution is -2.06. The van der Waals surface area contributed by atoms with Crippen LogP contribution < -0.4 is 0 Å². The Morgan fingerprint density at radius 2 is 2.19 bits per heavy atom. The molecular weight excluding hydrogens is 211 g/mol. The number of hydrogen-bond donors (Lipinski definition) is 1. The summed E-state index contributed by atoms with van der Waals surface area (Å²) in [6.07, 6.45) is 1.14. The lowest BCUT2D eigenvalue weighted by molar-refractivity contribution is 0.0687. The number of halogens is 1. The fourth-order valence-corrected chi connectivity index (χ4v) is 1.65. The van der Waals surface area contributed by atoms with Crippen LogP contribution in [0.1, 0.15) is 35.9 Å². The van der Waals surface area contributed by atoms with Crippen LogP contribution in [0.4, 0.5) is 4.39 Å². The van der Waals surface area contributed by atoms with E-state index in [4.69, 9.17) is 5.11 Å². The van der Waals surface area contributed by atoms with Crippen LogP contribution in [-0.4, -0.2) is 20.5 Å². The molecule has 84 valence electrons. The van der Waals surface area contributed by atoms with E-state index in [-0.39, 0.29) is 11.6 Å². The Balaban J connectivity index is 2.82. The van der Waals surface area contributed by atoms with Gasteiger partial charge in [-0.05, 0) is 18.1 Å². The summed E-state index contributed by atoms with van der Waals surface area (Å²) in [5, 5.41) is 9.11. The highest BCUT2D eigenvalue weighted by Crippen LogP contribution is 2.21. The predicted molar refractivity (Wildman–Crippen MR) is 56.2 cm³/mol. The predicted octanol–water partition coefficient (Wildman–Crippen LogP) is 2.29. The summed E-state index contributed by atoms with van der Waals surface area (Å²) in [6.45, 7) is 3.70. The van der Waals surface area contributed by atoms with Crippen molar-refractivity contribution in [3.63, 3.8) is 0 Å². The van der Waals surface area contributed by atoms with Crippen molar-refractivity contribution in [2.75, 3.05) is 0 Å². The third kappa shape index (κ3) is 1.54. The summed E-state index contributed by atoms with van der Waals surface area (Å²) >= 11 is 0. The summed E-state index contributed by atoms with van der Waals surface area (Å²) in [6, 6.07) is 2.73. The molecule has 2 rings (SSSR count). The minimum Gasteiger partial charge on any atom is -0.477 e. The van der Waals surface area contributed by atoms with E-state index in [0.717, 1.165) is 6.20 Å². The molecule has 5 heteroatoms. The molecule has 2 heterocycles. The molecule has 0 radical (unpaired) electrons. The van der Waals surface area contributed by atoms with Gasteiger partial charge < -0.3 is 5.11 Å². The molecule has 0 unspecified atom stereocenters. The molecule has 0 bridgehead atoms. The van der Waals surface area contributed by atoms with Crippen molar-refractivity contribution in [3.05, 3.63) is 35.5 Å². The first-order chi connectivity index (χ1) is 7.50. The number of pyridine rings is 1. The third-order valence-electron chi connectivity index (χ3n) is 2.36. The topological polar surface area (TPSA) is 54.6 Å². The van der Waals surface area contributed by atoms with Crippen LogP contribution in [0.25, 0.3) is 5.65 Å². The lowest BCUT2D eigenvalue weighted by Gasteiger charge is -2.02. The summed E-state index contributed by atoms with van der Waals surface area (Å²) in [4.78, 5) is 15.3. The monoisotopic (exact) mass is 222 g/mol. The molecule has 0 aliphatic heterocycles.